The molecular formula is C19H30IN5. The summed E-state index contributed by atoms with van der Waals surface area (Å²) in [6.45, 7) is 7.68. The van der Waals surface area contributed by atoms with Gasteiger partial charge in [-0.25, -0.2) is 4.99 Å². The van der Waals surface area contributed by atoms with Crippen molar-refractivity contribution in [2.75, 3.05) is 20.1 Å². The number of nitrogens with zero attached hydrogens (tertiary/aromatic N) is 4. The van der Waals surface area contributed by atoms with E-state index in [0.29, 0.717) is 6.54 Å². The lowest BCUT2D eigenvalue weighted by molar-refractivity contribution is 0.464. The second kappa shape index (κ2) is 11.9. The molecule has 0 aliphatic carbocycles. The monoisotopic (exact) mass is 455 g/mol. The Balaban J connectivity index is 0.00000312. The van der Waals surface area contributed by atoms with Gasteiger partial charge in [-0.1, -0.05) is 37.6 Å². The van der Waals surface area contributed by atoms with Gasteiger partial charge in [0.15, 0.2) is 5.96 Å². The highest BCUT2D eigenvalue weighted by atomic mass is 127. The van der Waals surface area contributed by atoms with Crippen LogP contribution in [0.5, 0.6) is 0 Å². The number of nitrogens with one attached hydrogen (secondary N) is 1. The zero-order valence-corrected chi connectivity index (χ0v) is 17.8. The summed E-state index contributed by atoms with van der Waals surface area (Å²) in [7, 11) is 2.10. The predicted octanol–water partition coefficient (Wildman–Crippen LogP) is 3.75. The van der Waals surface area contributed by atoms with Crippen LogP contribution in [0.1, 0.15) is 37.8 Å². The molecule has 0 atom stereocenters. The Morgan fingerprint density at radius 3 is 2.60 bits per heavy atom. The Labute approximate surface area is 168 Å². The third-order valence-corrected chi connectivity index (χ3v) is 3.95. The Hall–Kier alpha value is -1.57. The maximum Gasteiger partial charge on any atom is 0.193 e. The maximum atomic E-state index is 4.83. The van der Waals surface area contributed by atoms with E-state index in [1.807, 2.05) is 23.1 Å². The third-order valence-electron chi connectivity index (χ3n) is 3.95. The Kier molecular flexibility index (Phi) is 10.2. The van der Waals surface area contributed by atoms with Crippen molar-refractivity contribution in [1.29, 1.82) is 0 Å². The highest BCUT2D eigenvalue weighted by molar-refractivity contribution is 14.0. The first-order valence-electron chi connectivity index (χ1n) is 8.78. The van der Waals surface area contributed by atoms with Crippen molar-refractivity contribution < 1.29 is 0 Å². The molecule has 5 nitrogen and oxygen atoms in total. The highest BCUT2D eigenvalue weighted by Gasteiger charge is 2.07. The first-order chi connectivity index (χ1) is 11.7. The molecule has 138 valence electrons. The largest absolute Gasteiger partial charge is 0.357 e. The molecule has 0 aliphatic rings. The van der Waals surface area contributed by atoms with E-state index in [1.54, 1.807) is 0 Å². The third kappa shape index (κ3) is 7.05. The summed E-state index contributed by atoms with van der Waals surface area (Å²) >= 11 is 0. The number of halogens is 1. The van der Waals surface area contributed by atoms with E-state index in [9.17, 15) is 0 Å². The van der Waals surface area contributed by atoms with E-state index in [2.05, 4.69) is 60.5 Å². The van der Waals surface area contributed by atoms with Gasteiger partial charge in [-0.15, -0.1) is 24.0 Å². The lowest BCUT2D eigenvalue weighted by Gasteiger charge is -2.22. The van der Waals surface area contributed by atoms with Crippen molar-refractivity contribution in [3.05, 3.63) is 53.9 Å². The van der Waals surface area contributed by atoms with E-state index in [1.165, 1.54) is 24.0 Å². The average molecular weight is 455 g/mol. The van der Waals surface area contributed by atoms with E-state index >= 15 is 0 Å². The molecule has 0 aliphatic heterocycles. The summed E-state index contributed by atoms with van der Waals surface area (Å²) in [6, 6.07) is 10.4. The quantitative estimate of drug-likeness (QED) is 0.375. The van der Waals surface area contributed by atoms with E-state index in [0.717, 1.165) is 25.6 Å². The van der Waals surface area contributed by atoms with E-state index in [4.69, 9.17) is 4.99 Å². The number of hydrogen-bond donors (Lipinski definition) is 1. The van der Waals surface area contributed by atoms with Gasteiger partial charge in [0.25, 0.3) is 0 Å². The minimum Gasteiger partial charge on any atom is -0.357 e. The lowest BCUT2D eigenvalue weighted by Crippen LogP contribution is -2.39. The number of hydrogen-bond acceptors (Lipinski definition) is 2. The maximum absolute atomic E-state index is 4.83. The Morgan fingerprint density at radius 2 is 1.96 bits per heavy atom. The van der Waals surface area contributed by atoms with Gasteiger partial charge in [-0.05, 0) is 30.5 Å². The van der Waals surface area contributed by atoms with Crippen molar-refractivity contribution in [2.45, 2.75) is 39.8 Å². The summed E-state index contributed by atoms with van der Waals surface area (Å²) in [5.41, 5.74) is 2.50. The summed E-state index contributed by atoms with van der Waals surface area (Å²) in [6.07, 6.45) is 6.17. The molecule has 0 saturated carbocycles. The minimum atomic E-state index is 0. The molecule has 1 aromatic carbocycles. The summed E-state index contributed by atoms with van der Waals surface area (Å²) < 4.78 is 1.95. The predicted molar refractivity (Wildman–Crippen MR) is 116 cm³/mol. The fourth-order valence-electron chi connectivity index (χ4n) is 2.57. The second-order valence-electron chi connectivity index (χ2n) is 5.92. The standard InChI is InChI=1S/C19H29N5.HI/c1-4-6-13-23(3)19(20-5-2)21-15-17-10-7-8-11-18(17)16-24-14-9-12-22-24;/h7-12,14H,4-6,13,15-16H2,1-3H3,(H,20,21);1H. The van der Waals surface area contributed by atoms with Crippen LogP contribution in [-0.4, -0.2) is 40.8 Å². The van der Waals surface area contributed by atoms with Crippen LogP contribution in [0.2, 0.25) is 0 Å². The molecule has 1 heterocycles. The first-order valence-corrected chi connectivity index (χ1v) is 8.78. The molecule has 0 amide bonds. The number of benzene rings is 1. The summed E-state index contributed by atoms with van der Waals surface area (Å²) in [5, 5.41) is 7.68. The Morgan fingerprint density at radius 1 is 1.20 bits per heavy atom. The van der Waals surface area contributed by atoms with Crippen LogP contribution in [0.15, 0.2) is 47.7 Å². The second-order valence-corrected chi connectivity index (χ2v) is 5.92. The van der Waals surface area contributed by atoms with Gasteiger partial charge >= 0.3 is 0 Å². The summed E-state index contributed by atoms with van der Waals surface area (Å²) in [4.78, 5) is 7.04. The zero-order valence-electron chi connectivity index (χ0n) is 15.5. The first kappa shape index (κ1) is 21.5. The molecule has 0 unspecified atom stereocenters. The van der Waals surface area contributed by atoms with Crippen LogP contribution in [0.4, 0.5) is 0 Å². The van der Waals surface area contributed by atoms with Crippen LogP contribution in [0.3, 0.4) is 0 Å². The lowest BCUT2D eigenvalue weighted by atomic mass is 10.1. The molecule has 2 aromatic rings. The fraction of sp³-hybridized carbons (Fsp3) is 0.474. The van der Waals surface area contributed by atoms with Crippen LogP contribution in [0, 0.1) is 0 Å². The molecule has 25 heavy (non-hydrogen) atoms. The molecule has 1 aromatic heterocycles. The fourth-order valence-corrected chi connectivity index (χ4v) is 2.57. The molecule has 0 bridgehead atoms. The van der Waals surface area contributed by atoms with Crippen molar-refractivity contribution in [1.82, 2.24) is 20.0 Å². The normalized spacial score (nSPS) is 11.1. The molecule has 0 saturated heterocycles. The van der Waals surface area contributed by atoms with E-state index in [-0.39, 0.29) is 24.0 Å². The molecule has 1 N–H and O–H groups in total. The number of rotatable bonds is 8. The van der Waals surface area contributed by atoms with Crippen molar-refractivity contribution in [3.8, 4) is 0 Å². The number of aromatic nitrogens is 2. The summed E-state index contributed by atoms with van der Waals surface area (Å²) in [5.74, 6) is 0.972. The number of guanidine groups is 1. The Bertz CT molecular complexity index is 625. The van der Waals surface area contributed by atoms with Crippen molar-refractivity contribution in [3.63, 3.8) is 0 Å². The number of unbranched alkanes of at least 4 members (excludes halogenated alkanes) is 1. The van der Waals surface area contributed by atoms with Gasteiger partial charge in [-0.3, -0.25) is 4.68 Å². The van der Waals surface area contributed by atoms with Crippen LogP contribution >= 0.6 is 24.0 Å². The van der Waals surface area contributed by atoms with Gasteiger partial charge in [0, 0.05) is 32.5 Å². The molecule has 0 radical (unpaired) electrons. The topological polar surface area (TPSA) is 45.5 Å². The van der Waals surface area contributed by atoms with Crippen molar-refractivity contribution in [2.24, 2.45) is 4.99 Å². The van der Waals surface area contributed by atoms with Crippen LogP contribution in [-0.2, 0) is 13.1 Å². The van der Waals surface area contributed by atoms with Gasteiger partial charge in [0.2, 0.25) is 0 Å². The molecule has 6 heteroatoms. The molecule has 0 spiro atoms. The van der Waals surface area contributed by atoms with Gasteiger partial charge in [0.05, 0.1) is 13.1 Å². The highest BCUT2D eigenvalue weighted by Crippen LogP contribution is 2.12. The zero-order chi connectivity index (χ0) is 17.2. The van der Waals surface area contributed by atoms with Crippen LogP contribution in [0.25, 0.3) is 0 Å². The molecular weight excluding hydrogens is 425 g/mol. The molecule has 2 rings (SSSR count). The SMILES string of the molecule is CCCCN(C)C(=NCc1ccccc1Cn1cccn1)NCC.I. The smallest absolute Gasteiger partial charge is 0.193 e. The van der Waals surface area contributed by atoms with Gasteiger partial charge < -0.3 is 10.2 Å². The van der Waals surface area contributed by atoms with Gasteiger partial charge in [0.1, 0.15) is 0 Å². The average Bonchev–Trinajstić information content (AvgIpc) is 3.10. The minimum absolute atomic E-state index is 0. The van der Waals surface area contributed by atoms with E-state index < -0.39 is 0 Å². The van der Waals surface area contributed by atoms with Gasteiger partial charge in [-0.2, -0.15) is 5.10 Å². The van der Waals surface area contributed by atoms with Crippen molar-refractivity contribution >= 4 is 29.9 Å². The molecule has 0 fully saturated rings. The van der Waals surface area contributed by atoms with Crippen LogP contribution < -0.4 is 5.32 Å². The number of aliphatic imine (C=N–C) groups is 1.